The van der Waals surface area contributed by atoms with E-state index < -0.39 is 0 Å². The minimum atomic E-state index is 0.190. The highest BCUT2D eigenvalue weighted by Crippen LogP contribution is 2.36. The van der Waals surface area contributed by atoms with Gasteiger partial charge in [0.1, 0.15) is 0 Å². The van der Waals surface area contributed by atoms with Crippen molar-refractivity contribution in [1.82, 2.24) is 24.3 Å². The number of fused-ring (bicyclic) bond motifs is 1. The maximum absolute atomic E-state index is 12.1. The quantitative estimate of drug-likeness (QED) is 0.142. The number of hydrogen-bond acceptors (Lipinski definition) is 7. The lowest BCUT2D eigenvalue weighted by Gasteiger charge is -2.31. The molecular weight excluding hydrogens is 476 g/mol. The molecule has 0 saturated carbocycles. The fourth-order valence-corrected chi connectivity index (χ4v) is 4.95. The lowest BCUT2D eigenvalue weighted by molar-refractivity contribution is -0.140. The molecule has 0 radical (unpaired) electrons. The fraction of sp³-hybridized carbons (Fsp3) is 0.345. The molecule has 1 aliphatic heterocycles. The number of amides is 1. The van der Waals surface area contributed by atoms with Crippen LogP contribution in [0.25, 0.3) is 22.2 Å². The lowest BCUT2D eigenvalue weighted by atomic mass is 10.1. The first-order valence-corrected chi connectivity index (χ1v) is 12.9. The molecule has 0 atom stereocenters. The highest BCUT2D eigenvalue weighted by Gasteiger charge is 2.27. The molecule has 0 unspecified atom stereocenters. The summed E-state index contributed by atoms with van der Waals surface area (Å²) in [6.07, 6.45) is 2.39. The van der Waals surface area contributed by atoms with Crippen molar-refractivity contribution in [2.75, 3.05) is 56.7 Å². The second kappa shape index (κ2) is 10.3. The van der Waals surface area contributed by atoms with Crippen LogP contribution >= 0.6 is 0 Å². The Balaban J connectivity index is -0.0000000639. The van der Waals surface area contributed by atoms with Gasteiger partial charge in [-0.3, -0.25) is 4.79 Å². The monoisotopic (exact) mass is 627 g/mol. The SMILES string of the molecule is Cc1cc(N(C)CCN(C)C)c(N)cc1Nc1nccc(-c2c(CN3CCC3=O)n(C)c3ccccc23)n1.[3H][3H].[3H][3H].[3H][3H].[3H][3H].[3H][3H].[3H][3H].[3H][3H].[3H][3H].[3H][3H].[3H][3H].[3H][3H].[3H][3H].[3H][3H].[3H][3H].[3H][3H].[3H][3H].[3H][3H].[3H][3H].[3H][3H]. The minimum Gasteiger partial charge on any atom is -0.397 e. The molecule has 9 heteroatoms. The molecule has 9 nitrogen and oxygen atoms in total. The zero-order valence-corrected chi connectivity index (χ0v) is 22.8. The van der Waals surface area contributed by atoms with Crippen molar-refractivity contribution < 1.29 is 61.2 Å². The highest BCUT2D eigenvalue weighted by molar-refractivity contribution is 5.97. The van der Waals surface area contributed by atoms with E-state index in [-0.39, 0.29) is 5.91 Å². The van der Waals surface area contributed by atoms with Crippen LogP contribution in [0.2, 0.25) is 0 Å². The number of anilines is 4. The predicted molar refractivity (Wildman–Crippen MR) is 195 cm³/mol. The number of carbonyl (C=O) groups is 1. The van der Waals surface area contributed by atoms with Crippen LogP contribution in [-0.4, -0.2) is 71.0 Å². The molecule has 1 amide bonds. The molecule has 0 aliphatic carbocycles. The van der Waals surface area contributed by atoms with Crippen LogP contribution in [0.5, 0.6) is 0 Å². The predicted octanol–water partition coefficient (Wildman–Crippen LogP) is 8.67. The molecule has 3 N–H and O–H groups in total. The number of nitrogens with two attached hydrogens (primary N) is 1. The molecule has 1 fully saturated rings. The summed E-state index contributed by atoms with van der Waals surface area (Å²) in [5, 5.41) is 4.49. The van der Waals surface area contributed by atoms with E-state index in [0.29, 0.717) is 24.6 Å². The third-order valence-electron chi connectivity index (χ3n) is 7.34. The molecule has 2 aromatic carbocycles. The number of β-lactam (4-membered cyclic amide) rings is 1. The third-order valence-corrected chi connectivity index (χ3v) is 7.34. The number of carbonyl (C=O) groups excluding carboxylic acids is 1. The first-order chi connectivity index (χ1) is 37.2. The summed E-state index contributed by atoms with van der Waals surface area (Å²) < 4.78 is 192. The van der Waals surface area contributed by atoms with Gasteiger partial charge in [-0.25, -0.2) is 9.97 Å². The molecular formula is C29H74N8O. The van der Waals surface area contributed by atoms with Gasteiger partial charge >= 0.3 is 0 Å². The van der Waals surface area contributed by atoms with Crippen molar-refractivity contribution in [2.45, 2.75) is 19.9 Å². The maximum atomic E-state index is 12.1. The molecule has 1 aliphatic rings. The van der Waals surface area contributed by atoms with Gasteiger partial charge in [0.05, 0.1) is 23.6 Å². The number of likely N-dealkylation sites (tertiary alicyclic amines) is 1. The van der Waals surface area contributed by atoms with Crippen molar-refractivity contribution in [3.8, 4) is 11.3 Å². The van der Waals surface area contributed by atoms with Crippen LogP contribution in [0.15, 0.2) is 48.7 Å². The average molecular weight is 627 g/mol. The van der Waals surface area contributed by atoms with E-state index in [1.807, 2.05) is 29.2 Å². The van der Waals surface area contributed by atoms with Gasteiger partial charge in [-0.05, 0) is 50.8 Å². The topological polar surface area (TPSA) is 95.5 Å². The van der Waals surface area contributed by atoms with E-state index in [9.17, 15) is 4.79 Å². The minimum absolute atomic E-state index is 0.190. The van der Waals surface area contributed by atoms with Crippen molar-refractivity contribution in [2.24, 2.45) is 7.05 Å². The molecule has 38 heavy (non-hydrogen) atoms. The Kier molecular flexibility index (Phi) is 3.08. The zero-order chi connectivity index (χ0) is 65.0. The summed E-state index contributed by atoms with van der Waals surface area (Å²) >= 11 is 0. The first kappa shape index (κ1) is 11.3. The molecule has 0 spiro atoms. The Bertz CT molecular complexity index is 1570. The number of nitrogen functional groups attached to an aromatic ring is 1. The number of hydrogen-bond donors (Lipinski definition) is 2. The Labute approximate surface area is 282 Å². The fourth-order valence-electron chi connectivity index (χ4n) is 4.95. The van der Waals surface area contributed by atoms with E-state index in [0.717, 1.165) is 64.4 Å². The number of nitrogens with one attached hydrogen (secondary N) is 1. The number of nitrogens with zero attached hydrogens (tertiary/aromatic N) is 6. The summed E-state index contributed by atoms with van der Waals surface area (Å²) in [5.41, 5.74) is 14.1. The van der Waals surface area contributed by atoms with Gasteiger partial charge in [0.2, 0.25) is 11.9 Å². The van der Waals surface area contributed by atoms with E-state index >= 15 is 0 Å². The number of likely N-dealkylation sites (N-methyl/N-ethyl adjacent to an activating group) is 2. The zero-order valence-electron chi connectivity index (χ0n) is 60.8. The van der Waals surface area contributed by atoms with E-state index in [1.165, 1.54) is 0 Å². The number of para-hydroxylation sites is 1. The molecule has 4 aromatic rings. The number of aryl methyl sites for hydroxylation is 2. The van der Waals surface area contributed by atoms with Crippen LogP contribution in [-0.2, 0) is 18.4 Å². The van der Waals surface area contributed by atoms with Crippen molar-refractivity contribution >= 4 is 39.8 Å². The molecule has 1 saturated heterocycles. The summed E-state index contributed by atoms with van der Waals surface area (Å²) in [4.78, 5) is 27.8. The summed E-state index contributed by atoms with van der Waals surface area (Å²) in [6.45, 7) is 5.23. The van der Waals surface area contributed by atoms with E-state index in [4.69, 9.17) is 67.1 Å². The molecule has 236 valence electrons. The van der Waals surface area contributed by atoms with Crippen molar-refractivity contribution in [1.29, 1.82) is 0 Å². The Morgan fingerprint density at radius 3 is 2.66 bits per heavy atom. The van der Waals surface area contributed by atoms with Crippen LogP contribution in [0, 0.1) is 6.92 Å². The summed E-state index contributed by atoms with van der Waals surface area (Å²) in [5.74, 6) is 0.688. The van der Waals surface area contributed by atoms with Crippen molar-refractivity contribution in [3.63, 3.8) is 0 Å². The molecule has 2 aromatic heterocycles. The van der Waals surface area contributed by atoms with Gasteiger partial charge in [-0.2, -0.15) is 0 Å². The Hall–Kier alpha value is -4.11. The number of benzene rings is 2. The highest BCUT2D eigenvalue weighted by atomic mass is 16.2. The van der Waals surface area contributed by atoms with Crippen molar-refractivity contribution in [3.05, 3.63) is 59.9 Å². The first-order valence-electron chi connectivity index (χ1n) is 31.9. The second-order valence-corrected chi connectivity index (χ2v) is 10.3. The van der Waals surface area contributed by atoms with Gasteiger partial charge in [0.25, 0.3) is 0 Å². The number of aromatic nitrogens is 3. The van der Waals surface area contributed by atoms with Gasteiger partial charge in [-0.15, -0.1) is 0 Å². The van der Waals surface area contributed by atoms with Gasteiger partial charge in [0.15, 0.2) is 0 Å². The normalized spacial score (nSPS) is 17.3. The van der Waals surface area contributed by atoms with Crippen LogP contribution in [0.4, 0.5) is 23.0 Å². The van der Waals surface area contributed by atoms with Gasteiger partial charge in [-0.1, -0.05) is 18.2 Å². The van der Waals surface area contributed by atoms with Crippen LogP contribution < -0.4 is 16.0 Å². The van der Waals surface area contributed by atoms with Crippen LogP contribution in [0.1, 0.15) is 74.1 Å². The maximum Gasteiger partial charge on any atom is 0.227 e. The third kappa shape index (κ3) is 4.89. The van der Waals surface area contributed by atoms with Gasteiger partial charge in [0, 0.05) is 131 Å². The van der Waals surface area contributed by atoms with E-state index in [1.54, 1.807) is 6.20 Å². The summed E-state index contributed by atoms with van der Waals surface area (Å²) in [6, 6.07) is 14.3. The average Bonchev–Trinajstić information content (AvgIpc) is 3.83. The largest absolute Gasteiger partial charge is 0.397 e. The second-order valence-electron chi connectivity index (χ2n) is 10.3. The molecule has 3 heterocycles. The smallest absolute Gasteiger partial charge is 0.227 e. The molecule has 5 rings (SSSR count). The molecule has 0 bridgehead atoms. The number of rotatable bonds is 9. The van der Waals surface area contributed by atoms with Gasteiger partial charge < -0.3 is 30.3 Å². The lowest BCUT2D eigenvalue weighted by Crippen LogP contribution is -2.42. The van der Waals surface area contributed by atoms with E-state index in [2.05, 4.69) is 78.0 Å². The Morgan fingerprint density at radius 2 is 1.95 bits per heavy atom. The standard InChI is InChI=1S/C29H36N8O.19H2/c1-19-16-25(35(4)15-14-34(2)3)21(30)17-23(19)33-29-31-12-10-22(32-29)28-20-8-6-7-9-24(20)36(5)26(28)18-37-13-11-27(37)38;;;;;;;;;;;;;;;;;;;/h6-10,12,16-17H,11,13-15,18,30H2,1-5H3,(H,31,32,33);19*1H/i;19*1+2T. The summed E-state index contributed by atoms with van der Waals surface area (Å²) in [7, 11) is 8.24. The van der Waals surface area contributed by atoms with Crippen LogP contribution in [0.3, 0.4) is 0 Å². The Morgan fingerprint density at radius 1 is 1.16 bits per heavy atom.